The van der Waals surface area contributed by atoms with Crippen molar-refractivity contribution >= 4 is 37.7 Å². The number of sulfone groups is 1. The molecule has 2 heterocycles. The molecule has 0 saturated heterocycles. The first-order chi connectivity index (χ1) is 10.3. The minimum absolute atomic E-state index is 0.00434. The topological polar surface area (TPSA) is 96.8 Å². The summed E-state index contributed by atoms with van der Waals surface area (Å²) in [5.74, 6) is 0.226. The molecule has 0 atom stereocenters. The highest BCUT2D eigenvalue weighted by atomic mass is 32.2. The van der Waals surface area contributed by atoms with E-state index < -0.39 is 19.9 Å². The van der Waals surface area contributed by atoms with E-state index in [9.17, 15) is 16.8 Å². The minimum atomic E-state index is -3.74. The molecule has 0 amide bonds. The summed E-state index contributed by atoms with van der Waals surface area (Å²) in [6.07, 6.45) is 3.75. The van der Waals surface area contributed by atoms with Crippen LogP contribution in [0.1, 0.15) is 0 Å². The summed E-state index contributed by atoms with van der Waals surface area (Å²) in [4.78, 5) is 5.75. The Kier molecular flexibility index (Phi) is 3.26. The number of nitrogens with zero attached hydrogens (tertiary/aromatic N) is 3. The fourth-order valence-corrected chi connectivity index (χ4v) is 3.62. The molecule has 1 aliphatic rings. The summed E-state index contributed by atoms with van der Waals surface area (Å²) in [5.41, 5.74) is 0.561. The first-order valence-corrected chi connectivity index (χ1v) is 9.47. The number of hydrogen-bond acceptors (Lipinski definition) is 6. The molecule has 0 spiro atoms. The Bertz CT molecular complexity index is 965. The Morgan fingerprint density at radius 1 is 1.09 bits per heavy atom. The third-order valence-corrected chi connectivity index (χ3v) is 5.48. The molecule has 9 heteroatoms. The summed E-state index contributed by atoms with van der Waals surface area (Å²) in [6.45, 7) is 0. The van der Waals surface area contributed by atoms with Crippen LogP contribution < -0.4 is 4.90 Å². The molecule has 2 aromatic rings. The van der Waals surface area contributed by atoms with Gasteiger partial charge in [-0.2, -0.15) is 8.42 Å². The third kappa shape index (κ3) is 2.48. The van der Waals surface area contributed by atoms with Gasteiger partial charge in [0, 0.05) is 18.1 Å². The first-order valence-electron chi connectivity index (χ1n) is 6.14. The largest absolute Gasteiger partial charge is 0.287 e. The average Bonchev–Trinajstić information content (AvgIpc) is 2.47. The zero-order valence-electron chi connectivity index (χ0n) is 11.4. The van der Waals surface area contributed by atoms with Crippen LogP contribution in [0, 0.1) is 0 Å². The fourth-order valence-electron chi connectivity index (χ4n) is 2.03. The summed E-state index contributed by atoms with van der Waals surface area (Å²) in [6, 6.07) is 8.97. The summed E-state index contributed by atoms with van der Waals surface area (Å²) >= 11 is 0. The van der Waals surface area contributed by atoms with Crippen LogP contribution in [-0.2, 0) is 19.9 Å². The summed E-state index contributed by atoms with van der Waals surface area (Å²) < 4.78 is 50.3. The van der Waals surface area contributed by atoms with Gasteiger partial charge in [0.2, 0.25) is 0 Å². The quantitative estimate of drug-likeness (QED) is 0.821. The molecular weight excluding hydrogens is 326 g/mol. The van der Waals surface area contributed by atoms with Crippen LogP contribution in [0.3, 0.4) is 0 Å². The number of pyridine rings is 1. The average molecular weight is 337 g/mol. The van der Waals surface area contributed by atoms with E-state index in [-0.39, 0.29) is 15.6 Å². The van der Waals surface area contributed by atoms with Gasteiger partial charge >= 0.3 is 0 Å². The van der Waals surface area contributed by atoms with Crippen molar-refractivity contribution in [2.75, 3.05) is 11.2 Å². The molecule has 22 heavy (non-hydrogen) atoms. The van der Waals surface area contributed by atoms with Crippen molar-refractivity contribution in [3.05, 3.63) is 42.6 Å². The van der Waals surface area contributed by atoms with Crippen molar-refractivity contribution in [1.82, 2.24) is 4.98 Å². The molecular formula is C13H11N3O4S2. The van der Waals surface area contributed by atoms with E-state index >= 15 is 0 Å². The summed E-state index contributed by atoms with van der Waals surface area (Å²) in [5, 5.41) is 0. The van der Waals surface area contributed by atoms with Gasteiger partial charge in [-0.25, -0.2) is 13.4 Å². The van der Waals surface area contributed by atoms with Crippen molar-refractivity contribution in [3.8, 4) is 0 Å². The van der Waals surface area contributed by atoms with E-state index in [2.05, 4.69) is 9.38 Å². The van der Waals surface area contributed by atoms with Gasteiger partial charge in [-0.15, -0.1) is 4.40 Å². The van der Waals surface area contributed by atoms with E-state index in [0.717, 1.165) is 12.6 Å². The van der Waals surface area contributed by atoms with E-state index in [1.807, 2.05) is 0 Å². The Morgan fingerprint density at radius 3 is 2.41 bits per heavy atom. The van der Waals surface area contributed by atoms with E-state index in [1.165, 1.54) is 35.4 Å². The Hall–Kier alpha value is -2.26. The van der Waals surface area contributed by atoms with Crippen molar-refractivity contribution in [2.45, 2.75) is 9.79 Å². The maximum atomic E-state index is 11.9. The maximum Gasteiger partial charge on any atom is 0.287 e. The number of rotatable bonds is 2. The van der Waals surface area contributed by atoms with Gasteiger partial charge in [0.05, 0.1) is 4.90 Å². The Balaban J connectivity index is 2.11. The van der Waals surface area contributed by atoms with Gasteiger partial charge in [-0.3, -0.25) is 4.90 Å². The van der Waals surface area contributed by atoms with Gasteiger partial charge < -0.3 is 0 Å². The molecule has 114 valence electrons. The van der Waals surface area contributed by atoms with Crippen molar-refractivity contribution in [3.63, 3.8) is 0 Å². The van der Waals surface area contributed by atoms with Crippen LogP contribution in [0.25, 0.3) is 0 Å². The number of hydrogen-bond donors (Lipinski definition) is 0. The molecule has 1 aliphatic heterocycles. The molecule has 3 rings (SSSR count). The lowest BCUT2D eigenvalue weighted by Gasteiger charge is -2.23. The Morgan fingerprint density at radius 2 is 1.77 bits per heavy atom. The highest BCUT2D eigenvalue weighted by Crippen LogP contribution is 2.32. The predicted molar refractivity (Wildman–Crippen MR) is 81.6 cm³/mol. The molecule has 0 saturated carbocycles. The molecule has 0 radical (unpaired) electrons. The second-order valence-electron chi connectivity index (χ2n) is 4.66. The number of sulfonamides is 1. The van der Waals surface area contributed by atoms with Gasteiger partial charge in [0.25, 0.3) is 10.0 Å². The van der Waals surface area contributed by atoms with Gasteiger partial charge in [-0.05, 0) is 36.4 Å². The number of anilines is 2. The lowest BCUT2D eigenvalue weighted by atomic mass is 10.3. The lowest BCUT2D eigenvalue weighted by molar-refractivity contribution is 0.596. The van der Waals surface area contributed by atoms with Crippen LogP contribution in [0.15, 0.2) is 56.8 Å². The second-order valence-corrected chi connectivity index (χ2v) is 8.27. The third-order valence-electron chi connectivity index (χ3n) is 3.10. The normalized spacial score (nSPS) is 16.3. The van der Waals surface area contributed by atoms with Gasteiger partial charge in [0.15, 0.2) is 15.7 Å². The van der Waals surface area contributed by atoms with Crippen LogP contribution in [0.4, 0.5) is 11.5 Å². The highest BCUT2D eigenvalue weighted by Gasteiger charge is 2.27. The molecule has 1 aromatic heterocycles. The molecule has 7 nitrogen and oxygen atoms in total. The maximum absolute atomic E-state index is 11.9. The SMILES string of the molecule is CS(=O)(=O)c1ccc(N2C=NS(=O)(=O)c3cccnc32)cc1. The van der Waals surface area contributed by atoms with Gasteiger partial charge in [-0.1, -0.05) is 0 Å². The van der Waals surface area contributed by atoms with E-state index in [1.54, 1.807) is 12.1 Å². The molecule has 0 bridgehead atoms. The zero-order valence-corrected chi connectivity index (χ0v) is 13.0. The lowest BCUT2D eigenvalue weighted by Crippen LogP contribution is -2.23. The Labute approximate surface area is 127 Å². The monoisotopic (exact) mass is 337 g/mol. The number of aromatic nitrogens is 1. The van der Waals surface area contributed by atoms with Crippen LogP contribution in [-0.4, -0.2) is 34.4 Å². The highest BCUT2D eigenvalue weighted by molar-refractivity contribution is 7.91. The smallest absolute Gasteiger partial charge is 0.283 e. The second kappa shape index (κ2) is 4.89. The van der Waals surface area contributed by atoms with Gasteiger partial charge in [0.1, 0.15) is 11.2 Å². The summed E-state index contributed by atoms with van der Waals surface area (Å²) in [7, 11) is -7.04. The van der Waals surface area contributed by atoms with Crippen molar-refractivity contribution < 1.29 is 16.8 Å². The van der Waals surface area contributed by atoms with Crippen molar-refractivity contribution in [1.29, 1.82) is 0 Å². The molecule has 0 aliphatic carbocycles. The van der Waals surface area contributed by atoms with Crippen LogP contribution in [0.2, 0.25) is 0 Å². The zero-order chi connectivity index (χ0) is 16.0. The van der Waals surface area contributed by atoms with E-state index in [0.29, 0.717) is 5.69 Å². The van der Waals surface area contributed by atoms with Crippen LogP contribution >= 0.6 is 0 Å². The first kappa shape index (κ1) is 14.7. The standard InChI is InChI=1S/C13H11N3O4S2/c1-21(17,18)11-6-4-10(5-7-11)16-9-15-22(19,20)12-3-2-8-14-13(12)16/h2-9H,1H3. The van der Waals surface area contributed by atoms with Crippen molar-refractivity contribution in [2.24, 2.45) is 4.40 Å². The van der Waals surface area contributed by atoms with E-state index in [4.69, 9.17) is 0 Å². The molecule has 0 N–H and O–H groups in total. The fraction of sp³-hybridized carbons (Fsp3) is 0.0769. The predicted octanol–water partition coefficient (Wildman–Crippen LogP) is 1.35. The molecule has 0 fully saturated rings. The van der Waals surface area contributed by atoms with Crippen LogP contribution in [0.5, 0.6) is 0 Å². The number of fused-ring (bicyclic) bond motifs is 1. The molecule has 1 aromatic carbocycles. The minimum Gasteiger partial charge on any atom is -0.283 e. The number of benzene rings is 1. The molecule has 0 unspecified atom stereocenters.